The van der Waals surface area contributed by atoms with Crippen LogP contribution in [0, 0.1) is 6.92 Å². The zero-order valence-corrected chi connectivity index (χ0v) is 10.1. The van der Waals surface area contributed by atoms with Crippen LogP contribution in [0.4, 0.5) is 0 Å². The molecule has 0 radical (unpaired) electrons. The number of rotatable bonds is 2. The van der Waals surface area contributed by atoms with Crippen molar-refractivity contribution < 1.29 is 0 Å². The summed E-state index contributed by atoms with van der Waals surface area (Å²) >= 11 is 0. The summed E-state index contributed by atoms with van der Waals surface area (Å²) in [5.74, 6) is 0. The topological polar surface area (TPSA) is 67.6 Å². The van der Waals surface area contributed by atoms with Gasteiger partial charge in [0.1, 0.15) is 0 Å². The Bertz CT molecular complexity index is 700. The highest BCUT2D eigenvalue weighted by atomic mass is 14.8. The fourth-order valence-corrected chi connectivity index (χ4v) is 2.08. The van der Waals surface area contributed by atoms with Gasteiger partial charge in [-0.15, -0.1) is 0 Å². The number of benzene rings is 1. The molecular weight excluding hydrogens is 224 g/mol. The van der Waals surface area contributed by atoms with Crippen LogP contribution in [0.15, 0.2) is 36.8 Å². The van der Waals surface area contributed by atoms with Gasteiger partial charge >= 0.3 is 0 Å². The first kappa shape index (κ1) is 10.9. The van der Waals surface area contributed by atoms with Gasteiger partial charge in [-0.3, -0.25) is 4.98 Å². The summed E-state index contributed by atoms with van der Waals surface area (Å²) in [7, 11) is 0. The van der Waals surface area contributed by atoms with Crippen LogP contribution in [0.5, 0.6) is 0 Å². The summed E-state index contributed by atoms with van der Waals surface area (Å²) in [6.07, 6.45) is 5.43. The van der Waals surface area contributed by atoms with Crippen LogP contribution in [-0.4, -0.2) is 15.0 Å². The molecule has 0 aliphatic heterocycles. The van der Waals surface area contributed by atoms with Crippen LogP contribution in [0.1, 0.15) is 11.3 Å². The lowest BCUT2D eigenvalue weighted by Gasteiger charge is -2.01. The quantitative estimate of drug-likeness (QED) is 0.720. The smallest absolute Gasteiger partial charge is 0.0910 e. The lowest BCUT2D eigenvalue weighted by Crippen LogP contribution is -2.00. The molecule has 2 aromatic heterocycles. The van der Waals surface area contributed by atoms with E-state index in [2.05, 4.69) is 40.1 Å². The van der Waals surface area contributed by atoms with Crippen molar-refractivity contribution in [2.24, 2.45) is 5.73 Å². The third-order valence-corrected chi connectivity index (χ3v) is 3.01. The normalized spacial score (nSPS) is 11.0. The molecule has 4 heteroatoms. The van der Waals surface area contributed by atoms with E-state index in [0.29, 0.717) is 6.54 Å². The summed E-state index contributed by atoms with van der Waals surface area (Å²) in [4.78, 5) is 11.9. The summed E-state index contributed by atoms with van der Waals surface area (Å²) in [6, 6.07) is 6.32. The molecule has 3 aromatic rings. The van der Waals surface area contributed by atoms with Gasteiger partial charge in [-0.1, -0.05) is 11.6 Å². The molecule has 0 aliphatic rings. The third kappa shape index (κ3) is 1.76. The average molecular weight is 238 g/mol. The maximum atomic E-state index is 5.60. The van der Waals surface area contributed by atoms with Crippen LogP contribution < -0.4 is 5.73 Å². The molecule has 0 fully saturated rings. The molecule has 90 valence electrons. The Kier molecular flexibility index (Phi) is 2.57. The minimum absolute atomic E-state index is 0.405. The zero-order chi connectivity index (χ0) is 12.5. The second-order valence-electron chi connectivity index (χ2n) is 4.35. The van der Waals surface area contributed by atoms with Crippen molar-refractivity contribution in [1.82, 2.24) is 15.0 Å². The zero-order valence-electron chi connectivity index (χ0n) is 10.1. The van der Waals surface area contributed by atoms with E-state index in [0.717, 1.165) is 22.5 Å². The molecule has 4 nitrogen and oxygen atoms in total. The highest BCUT2D eigenvalue weighted by Gasteiger charge is 2.08. The number of H-pyrrole nitrogens is 1. The third-order valence-electron chi connectivity index (χ3n) is 3.01. The number of nitrogens with one attached hydrogen (secondary N) is 1. The first-order valence-electron chi connectivity index (χ1n) is 5.87. The van der Waals surface area contributed by atoms with E-state index in [1.54, 1.807) is 12.4 Å². The maximum Gasteiger partial charge on any atom is 0.0910 e. The molecule has 3 rings (SSSR count). The second-order valence-corrected chi connectivity index (χ2v) is 4.35. The number of nitrogens with zero attached hydrogens (tertiary/aromatic N) is 2. The Morgan fingerprint density at radius 1 is 1.28 bits per heavy atom. The molecule has 0 unspecified atom stereocenters. The number of aryl methyl sites for hydroxylation is 1. The fourth-order valence-electron chi connectivity index (χ4n) is 2.08. The van der Waals surface area contributed by atoms with Gasteiger partial charge in [0.2, 0.25) is 0 Å². The van der Waals surface area contributed by atoms with E-state index in [1.165, 1.54) is 10.9 Å². The largest absolute Gasteiger partial charge is 0.360 e. The van der Waals surface area contributed by atoms with Gasteiger partial charge in [0.25, 0.3) is 0 Å². The van der Waals surface area contributed by atoms with Crippen molar-refractivity contribution in [2.75, 3.05) is 0 Å². The molecule has 1 aromatic carbocycles. The van der Waals surface area contributed by atoms with Crippen molar-refractivity contribution in [3.63, 3.8) is 0 Å². The maximum absolute atomic E-state index is 5.60. The Morgan fingerprint density at radius 2 is 2.17 bits per heavy atom. The van der Waals surface area contributed by atoms with Gasteiger partial charge in [0.05, 0.1) is 17.6 Å². The molecule has 0 aliphatic carbocycles. The summed E-state index contributed by atoms with van der Waals surface area (Å²) in [5.41, 5.74) is 10.7. The second kappa shape index (κ2) is 4.23. The van der Waals surface area contributed by atoms with E-state index in [1.807, 2.05) is 6.20 Å². The lowest BCUT2D eigenvalue weighted by molar-refractivity contribution is 0.968. The molecular formula is C14H14N4. The number of aromatic nitrogens is 3. The molecule has 0 amide bonds. The predicted molar refractivity (Wildman–Crippen MR) is 72.0 cm³/mol. The van der Waals surface area contributed by atoms with Gasteiger partial charge in [-0.2, -0.15) is 0 Å². The minimum atomic E-state index is 0.405. The minimum Gasteiger partial charge on any atom is -0.360 e. The number of hydrogen-bond acceptors (Lipinski definition) is 3. The lowest BCUT2D eigenvalue weighted by atomic mass is 10.1. The Labute approximate surface area is 105 Å². The first-order chi connectivity index (χ1) is 8.78. The number of hydrogen-bond donors (Lipinski definition) is 2. The van der Waals surface area contributed by atoms with E-state index >= 15 is 0 Å². The Balaban J connectivity index is 2.21. The van der Waals surface area contributed by atoms with Gasteiger partial charge in [-0.25, -0.2) is 4.98 Å². The van der Waals surface area contributed by atoms with Crippen molar-refractivity contribution in [2.45, 2.75) is 13.5 Å². The van der Waals surface area contributed by atoms with E-state index in [9.17, 15) is 0 Å². The first-order valence-corrected chi connectivity index (χ1v) is 5.87. The van der Waals surface area contributed by atoms with Crippen LogP contribution >= 0.6 is 0 Å². The van der Waals surface area contributed by atoms with E-state index in [4.69, 9.17) is 5.73 Å². The van der Waals surface area contributed by atoms with E-state index in [-0.39, 0.29) is 0 Å². The van der Waals surface area contributed by atoms with Crippen LogP contribution in [-0.2, 0) is 6.54 Å². The van der Waals surface area contributed by atoms with Crippen LogP contribution in [0.3, 0.4) is 0 Å². The van der Waals surface area contributed by atoms with Crippen LogP contribution in [0.25, 0.3) is 22.2 Å². The molecule has 0 bridgehead atoms. The summed E-state index contributed by atoms with van der Waals surface area (Å²) in [5, 5.41) is 1.17. The molecule has 3 N–H and O–H groups in total. The van der Waals surface area contributed by atoms with Gasteiger partial charge in [0.15, 0.2) is 0 Å². The Morgan fingerprint density at radius 3 is 3.00 bits per heavy atom. The fraction of sp³-hybridized carbons (Fsp3) is 0.143. The van der Waals surface area contributed by atoms with Crippen molar-refractivity contribution in [3.8, 4) is 11.3 Å². The molecule has 0 atom stereocenters. The van der Waals surface area contributed by atoms with Gasteiger partial charge in [-0.05, 0) is 19.1 Å². The SMILES string of the molecule is Cc1ccc2[nH]cc(-c3cncc(CN)n3)c2c1. The monoisotopic (exact) mass is 238 g/mol. The highest BCUT2D eigenvalue weighted by molar-refractivity contribution is 5.94. The summed E-state index contributed by atoms with van der Waals surface area (Å²) < 4.78 is 0. The molecule has 0 saturated heterocycles. The van der Waals surface area contributed by atoms with Crippen molar-refractivity contribution in [3.05, 3.63) is 48.0 Å². The predicted octanol–water partition coefficient (Wildman–Crippen LogP) is 2.39. The number of nitrogens with two attached hydrogens (primary N) is 1. The van der Waals surface area contributed by atoms with Crippen molar-refractivity contribution >= 4 is 10.9 Å². The number of fused-ring (bicyclic) bond motifs is 1. The van der Waals surface area contributed by atoms with Gasteiger partial charge in [0, 0.05) is 35.4 Å². The molecule has 0 spiro atoms. The molecule has 2 heterocycles. The summed E-state index contributed by atoms with van der Waals surface area (Å²) in [6.45, 7) is 2.49. The van der Waals surface area contributed by atoms with Gasteiger partial charge < -0.3 is 10.7 Å². The molecule has 0 saturated carbocycles. The molecule has 18 heavy (non-hydrogen) atoms. The van der Waals surface area contributed by atoms with Crippen LogP contribution in [0.2, 0.25) is 0 Å². The highest BCUT2D eigenvalue weighted by Crippen LogP contribution is 2.27. The number of aromatic amines is 1. The van der Waals surface area contributed by atoms with Crippen molar-refractivity contribution in [1.29, 1.82) is 0 Å². The van der Waals surface area contributed by atoms with E-state index < -0.39 is 0 Å². The standard InChI is InChI=1S/C14H14N4/c1-9-2-3-13-11(4-9)12(7-17-13)14-8-16-6-10(5-15)18-14/h2-4,6-8,17H,5,15H2,1H3. The Hall–Kier alpha value is -2.20. The average Bonchev–Trinajstić information content (AvgIpc) is 2.81.